The van der Waals surface area contributed by atoms with Crippen molar-refractivity contribution in [3.05, 3.63) is 29.6 Å². The molecule has 0 bridgehead atoms. The van der Waals surface area contributed by atoms with E-state index in [-0.39, 0.29) is 0 Å². The molecule has 142 valence electrons. The summed E-state index contributed by atoms with van der Waals surface area (Å²) in [4.78, 5) is 26.7. The van der Waals surface area contributed by atoms with Crippen LogP contribution in [0.15, 0.2) is 12.1 Å². The van der Waals surface area contributed by atoms with E-state index in [9.17, 15) is 22.8 Å². The molecule has 26 heavy (non-hydrogen) atoms. The van der Waals surface area contributed by atoms with E-state index in [1.54, 1.807) is 0 Å². The van der Waals surface area contributed by atoms with Gasteiger partial charge in [0.15, 0.2) is 23.2 Å². The number of piperidine rings is 1. The molecule has 2 aliphatic heterocycles. The Morgan fingerprint density at radius 3 is 2.31 bits per heavy atom. The van der Waals surface area contributed by atoms with Gasteiger partial charge in [-0.3, -0.25) is 9.59 Å². The van der Waals surface area contributed by atoms with Crippen LogP contribution in [0, 0.1) is 17.5 Å². The van der Waals surface area contributed by atoms with E-state index in [4.69, 9.17) is 9.47 Å². The Morgan fingerprint density at radius 2 is 1.73 bits per heavy atom. The predicted molar refractivity (Wildman–Crippen MR) is 84.8 cm³/mol. The van der Waals surface area contributed by atoms with Gasteiger partial charge < -0.3 is 19.3 Å². The summed E-state index contributed by atoms with van der Waals surface area (Å²) in [5, 5.41) is 0. The number of hydrogen-bond donors (Lipinski definition) is 0. The predicted octanol–water partition coefficient (Wildman–Crippen LogP) is 1.82. The molecule has 1 spiro atoms. The van der Waals surface area contributed by atoms with Crippen LogP contribution in [-0.4, -0.2) is 55.3 Å². The fraction of sp³-hybridized carbons (Fsp3) is 0.529. The molecule has 9 heteroatoms. The third-order valence-electron chi connectivity index (χ3n) is 4.67. The first-order chi connectivity index (χ1) is 12.3. The van der Waals surface area contributed by atoms with Crippen LogP contribution in [0.4, 0.5) is 18.9 Å². The Labute approximate surface area is 148 Å². The standard InChI is InChI=1S/C17H19F3N2O4/c1-11(23)22(13-3-2-12(18)15(19)16(13)20)10-14(24)21-6-4-17(5-7-21)25-8-9-26-17/h2-3H,4-10H2,1H3. The number of benzene rings is 1. The van der Waals surface area contributed by atoms with E-state index in [0.717, 1.165) is 17.9 Å². The summed E-state index contributed by atoms with van der Waals surface area (Å²) < 4.78 is 51.7. The van der Waals surface area contributed by atoms with Crippen molar-refractivity contribution >= 4 is 17.5 Å². The third kappa shape index (κ3) is 3.54. The molecule has 1 aromatic rings. The summed E-state index contributed by atoms with van der Waals surface area (Å²) in [6.07, 6.45) is 0.997. The van der Waals surface area contributed by atoms with Crippen LogP contribution in [0.1, 0.15) is 19.8 Å². The second-order valence-electron chi connectivity index (χ2n) is 6.29. The molecular formula is C17H19F3N2O4. The maximum atomic E-state index is 14.0. The van der Waals surface area contributed by atoms with Crippen LogP contribution >= 0.6 is 0 Å². The van der Waals surface area contributed by atoms with Crippen molar-refractivity contribution in [3.8, 4) is 0 Å². The highest BCUT2D eigenvalue weighted by molar-refractivity contribution is 5.97. The van der Waals surface area contributed by atoms with Crippen molar-refractivity contribution in [2.24, 2.45) is 0 Å². The van der Waals surface area contributed by atoms with Gasteiger partial charge >= 0.3 is 0 Å². The number of anilines is 1. The second-order valence-corrected chi connectivity index (χ2v) is 6.29. The number of halogens is 3. The van der Waals surface area contributed by atoms with E-state index < -0.39 is 47.3 Å². The number of carbonyl (C=O) groups is 2. The van der Waals surface area contributed by atoms with Crippen LogP contribution < -0.4 is 4.90 Å². The molecule has 2 fully saturated rings. The van der Waals surface area contributed by atoms with Crippen molar-refractivity contribution < 1.29 is 32.2 Å². The van der Waals surface area contributed by atoms with E-state index in [0.29, 0.717) is 45.2 Å². The summed E-state index contributed by atoms with van der Waals surface area (Å²) in [6, 6.07) is 1.65. The number of nitrogens with zero attached hydrogens (tertiary/aromatic N) is 2. The van der Waals surface area contributed by atoms with Crippen molar-refractivity contribution in [3.63, 3.8) is 0 Å². The zero-order chi connectivity index (χ0) is 18.9. The maximum Gasteiger partial charge on any atom is 0.242 e. The molecule has 0 radical (unpaired) electrons. The molecule has 6 nitrogen and oxygen atoms in total. The summed E-state index contributed by atoms with van der Waals surface area (Å²) in [5.74, 6) is -6.27. The van der Waals surface area contributed by atoms with Gasteiger partial charge in [-0.1, -0.05) is 0 Å². The Balaban J connectivity index is 1.70. The second kappa shape index (κ2) is 7.24. The van der Waals surface area contributed by atoms with Crippen LogP contribution in [0.2, 0.25) is 0 Å². The lowest BCUT2D eigenvalue weighted by atomic mass is 10.0. The molecule has 2 saturated heterocycles. The van der Waals surface area contributed by atoms with Gasteiger partial charge in [0.1, 0.15) is 6.54 Å². The monoisotopic (exact) mass is 372 g/mol. The fourth-order valence-electron chi connectivity index (χ4n) is 3.21. The Morgan fingerprint density at radius 1 is 1.12 bits per heavy atom. The highest BCUT2D eigenvalue weighted by atomic mass is 19.2. The van der Waals surface area contributed by atoms with Gasteiger partial charge in [-0.05, 0) is 12.1 Å². The normalized spacial score (nSPS) is 19.0. The fourth-order valence-corrected chi connectivity index (χ4v) is 3.21. The first kappa shape index (κ1) is 18.7. The van der Waals surface area contributed by atoms with Gasteiger partial charge in [0, 0.05) is 32.9 Å². The van der Waals surface area contributed by atoms with Gasteiger partial charge in [0.2, 0.25) is 11.8 Å². The quantitative estimate of drug-likeness (QED) is 0.760. The Hall–Kier alpha value is -2.13. The Kier molecular flexibility index (Phi) is 5.19. The van der Waals surface area contributed by atoms with Crippen LogP contribution in [0.5, 0.6) is 0 Å². The van der Waals surface area contributed by atoms with Crippen LogP contribution in [0.3, 0.4) is 0 Å². The van der Waals surface area contributed by atoms with E-state index >= 15 is 0 Å². The SMILES string of the molecule is CC(=O)N(CC(=O)N1CCC2(CC1)OCCO2)c1ccc(F)c(F)c1F. The summed E-state index contributed by atoms with van der Waals surface area (Å²) in [6.45, 7) is 2.42. The van der Waals surface area contributed by atoms with Crippen molar-refractivity contribution in [2.75, 3.05) is 37.7 Å². The average molecular weight is 372 g/mol. The number of amides is 2. The van der Waals surface area contributed by atoms with Crippen molar-refractivity contribution in [2.45, 2.75) is 25.6 Å². The first-order valence-electron chi connectivity index (χ1n) is 8.30. The molecule has 0 unspecified atom stereocenters. The lowest BCUT2D eigenvalue weighted by Crippen LogP contribution is -2.50. The van der Waals surface area contributed by atoms with E-state index in [1.165, 1.54) is 4.90 Å². The average Bonchev–Trinajstić information content (AvgIpc) is 3.06. The highest BCUT2D eigenvalue weighted by Crippen LogP contribution is 2.31. The van der Waals surface area contributed by atoms with Crippen LogP contribution in [0.25, 0.3) is 0 Å². The molecule has 0 aromatic heterocycles. The topological polar surface area (TPSA) is 59.1 Å². The maximum absolute atomic E-state index is 14.0. The third-order valence-corrected chi connectivity index (χ3v) is 4.67. The van der Waals surface area contributed by atoms with E-state index in [1.807, 2.05) is 0 Å². The summed E-state index contributed by atoms with van der Waals surface area (Å²) >= 11 is 0. The first-order valence-corrected chi connectivity index (χ1v) is 8.30. The molecule has 2 heterocycles. The van der Waals surface area contributed by atoms with Crippen molar-refractivity contribution in [1.82, 2.24) is 4.90 Å². The minimum Gasteiger partial charge on any atom is -0.347 e. The number of ether oxygens (including phenoxy) is 2. The molecule has 2 aliphatic rings. The summed E-state index contributed by atoms with van der Waals surface area (Å²) in [7, 11) is 0. The zero-order valence-electron chi connectivity index (χ0n) is 14.3. The molecule has 0 N–H and O–H groups in total. The molecule has 2 amide bonds. The number of likely N-dealkylation sites (tertiary alicyclic amines) is 1. The zero-order valence-corrected chi connectivity index (χ0v) is 14.3. The van der Waals surface area contributed by atoms with E-state index in [2.05, 4.69) is 0 Å². The van der Waals surface area contributed by atoms with Gasteiger partial charge in [-0.25, -0.2) is 13.2 Å². The van der Waals surface area contributed by atoms with Crippen molar-refractivity contribution in [1.29, 1.82) is 0 Å². The van der Waals surface area contributed by atoms with Crippen LogP contribution in [-0.2, 0) is 19.1 Å². The lowest BCUT2D eigenvalue weighted by Gasteiger charge is -2.38. The number of rotatable bonds is 3. The van der Waals surface area contributed by atoms with Gasteiger partial charge in [0.05, 0.1) is 18.9 Å². The number of hydrogen-bond acceptors (Lipinski definition) is 4. The van der Waals surface area contributed by atoms with Gasteiger partial charge in [0.25, 0.3) is 0 Å². The largest absolute Gasteiger partial charge is 0.347 e. The number of carbonyl (C=O) groups excluding carboxylic acids is 2. The molecule has 0 atom stereocenters. The summed E-state index contributed by atoms with van der Waals surface area (Å²) in [5.41, 5.74) is -0.472. The molecule has 3 rings (SSSR count). The molecule has 0 aliphatic carbocycles. The van der Waals surface area contributed by atoms with Gasteiger partial charge in [-0.15, -0.1) is 0 Å². The molecular weight excluding hydrogens is 353 g/mol. The minimum absolute atomic E-state index is 0.366. The lowest BCUT2D eigenvalue weighted by molar-refractivity contribution is -0.187. The Bertz CT molecular complexity index is 712. The highest BCUT2D eigenvalue weighted by Gasteiger charge is 2.41. The molecule has 0 saturated carbocycles. The smallest absolute Gasteiger partial charge is 0.242 e. The van der Waals surface area contributed by atoms with Gasteiger partial charge in [-0.2, -0.15) is 0 Å². The molecule has 1 aromatic carbocycles. The minimum atomic E-state index is -1.68.